The first-order valence-corrected chi connectivity index (χ1v) is 6.92. The Hall–Kier alpha value is -1.29. The lowest BCUT2D eigenvalue weighted by atomic mass is 10.3. The lowest BCUT2D eigenvalue weighted by molar-refractivity contribution is 0.346. The molecule has 1 aromatic heterocycles. The molecule has 1 aliphatic heterocycles. The van der Waals surface area contributed by atoms with E-state index in [0.717, 1.165) is 25.3 Å². The van der Waals surface area contributed by atoms with Crippen molar-refractivity contribution in [3.63, 3.8) is 0 Å². The van der Waals surface area contributed by atoms with Gasteiger partial charge in [-0.1, -0.05) is 0 Å². The van der Waals surface area contributed by atoms with Crippen molar-refractivity contribution in [2.75, 3.05) is 50.0 Å². The van der Waals surface area contributed by atoms with Crippen molar-refractivity contribution in [3.8, 4) is 0 Å². The zero-order chi connectivity index (χ0) is 12.8. The van der Waals surface area contributed by atoms with Crippen LogP contribution < -0.4 is 10.2 Å². The third-order valence-corrected chi connectivity index (χ3v) is 3.50. The first kappa shape index (κ1) is 13.1. The number of nitrogens with zero attached hydrogens (tertiary/aromatic N) is 3. The molecule has 2 rings (SSSR count). The van der Waals surface area contributed by atoms with Crippen molar-refractivity contribution < 1.29 is 0 Å². The third kappa shape index (κ3) is 3.60. The summed E-state index contributed by atoms with van der Waals surface area (Å²) in [6.07, 6.45) is 6.54. The van der Waals surface area contributed by atoms with E-state index in [9.17, 15) is 0 Å². The van der Waals surface area contributed by atoms with Gasteiger partial charge in [-0.15, -0.1) is 0 Å². The van der Waals surface area contributed by atoms with Crippen LogP contribution in [-0.2, 0) is 0 Å². The molecule has 18 heavy (non-hydrogen) atoms. The van der Waals surface area contributed by atoms with Crippen molar-refractivity contribution in [2.45, 2.75) is 19.8 Å². The van der Waals surface area contributed by atoms with Crippen molar-refractivity contribution >= 4 is 11.4 Å². The average Bonchev–Trinajstić information content (AvgIpc) is 2.90. The van der Waals surface area contributed by atoms with Crippen LogP contribution in [0.25, 0.3) is 0 Å². The smallest absolute Gasteiger partial charge is 0.0571 e. The Bertz CT molecular complexity index is 361. The van der Waals surface area contributed by atoms with Crippen molar-refractivity contribution in [2.24, 2.45) is 0 Å². The zero-order valence-electron chi connectivity index (χ0n) is 11.5. The summed E-state index contributed by atoms with van der Waals surface area (Å²) < 4.78 is 0. The summed E-state index contributed by atoms with van der Waals surface area (Å²) in [4.78, 5) is 9.11. The molecule has 100 valence electrons. The molecular weight excluding hydrogens is 224 g/mol. The summed E-state index contributed by atoms with van der Waals surface area (Å²) >= 11 is 0. The predicted octanol–water partition coefficient (Wildman–Crippen LogP) is 2.05. The number of rotatable bonds is 6. The number of nitrogens with one attached hydrogen (secondary N) is 1. The highest BCUT2D eigenvalue weighted by molar-refractivity contribution is 5.55. The SMILES string of the molecule is CCNc1cncc(N(C)CCN2CCCC2)c1. The fourth-order valence-electron chi connectivity index (χ4n) is 2.36. The van der Waals surface area contributed by atoms with Gasteiger partial charge in [-0.05, 0) is 38.9 Å². The van der Waals surface area contributed by atoms with E-state index in [1.54, 1.807) is 0 Å². The highest BCUT2D eigenvalue weighted by Crippen LogP contribution is 2.16. The molecule has 1 saturated heterocycles. The molecule has 4 heteroatoms. The Morgan fingerprint density at radius 1 is 1.33 bits per heavy atom. The summed E-state index contributed by atoms with van der Waals surface area (Å²) in [5.41, 5.74) is 2.29. The van der Waals surface area contributed by atoms with E-state index in [-0.39, 0.29) is 0 Å². The van der Waals surface area contributed by atoms with Gasteiger partial charge in [0.25, 0.3) is 0 Å². The minimum Gasteiger partial charge on any atom is -0.384 e. The molecule has 0 aliphatic carbocycles. The molecule has 1 N–H and O–H groups in total. The van der Waals surface area contributed by atoms with E-state index in [1.165, 1.54) is 31.6 Å². The molecule has 0 saturated carbocycles. The van der Waals surface area contributed by atoms with Gasteiger partial charge in [-0.25, -0.2) is 0 Å². The van der Waals surface area contributed by atoms with E-state index < -0.39 is 0 Å². The summed E-state index contributed by atoms with van der Waals surface area (Å²) in [7, 11) is 2.14. The summed E-state index contributed by atoms with van der Waals surface area (Å²) in [5.74, 6) is 0. The summed E-state index contributed by atoms with van der Waals surface area (Å²) in [6, 6.07) is 2.17. The fourth-order valence-corrected chi connectivity index (χ4v) is 2.36. The van der Waals surface area contributed by atoms with Gasteiger partial charge < -0.3 is 15.1 Å². The average molecular weight is 248 g/mol. The zero-order valence-corrected chi connectivity index (χ0v) is 11.5. The van der Waals surface area contributed by atoms with Crippen LogP contribution in [0.1, 0.15) is 19.8 Å². The minimum atomic E-state index is 0.933. The molecular formula is C14H24N4. The number of anilines is 2. The molecule has 0 amide bonds. The van der Waals surface area contributed by atoms with Crippen LogP contribution in [0.5, 0.6) is 0 Å². The number of likely N-dealkylation sites (tertiary alicyclic amines) is 1. The lowest BCUT2D eigenvalue weighted by Gasteiger charge is -2.23. The quantitative estimate of drug-likeness (QED) is 0.835. The Morgan fingerprint density at radius 3 is 2.83 bits per heavy atom. The van der Waals surface area contributed by atoms with Gasteiger partial charge in [0.15, 0.2) is 0 Å². The molecule has 1 aliphatic rings. The Morgan fingerprint density at radius 2 is 2.11 bits per heavy atom. The maximum absolute atomic E-state index is 4.29. The topological polar surface area (TPSA) is 31.4 Å². The standard InChI is InChI=1S/C14H24N4/c1-3-16-13-10-14(12-15-11-13)17(2)8-9-18-6-4-5-7-18/h10-12,16H,3-9H2,1-2H3. The normalized spacial score (nSPS) is 15.9. The molecule has 1 aromatic rings. The Kier molecular flexibility index (Phi) is 4.81. The van der Waals surface area contributed by atoms with Crippen LogP contribution in [-0.4, -0.2) is 49.7 Å². The van der Waals surface area contributed by atoms with Crippen LogP contribution in [0.2, 0.25) is 0 Å². The summed E-state index contributed by atoms with van der Waals surface area (Å²) in [6.45, 7) is 7.79. The van der Waals surface area contributed by atoms with Crippen LogP contribution in [0.4, 0.5) is 11.4 Å². The fraction of sp³-hybridized carbons (Fsp3) is 0.643. The van der Waals surface area contributed by atoms with Crippen LogP contribution >= 0.6 is 0 Å². The van der Waals surface area contributed by atoms with E-state index in [4.69, 9.17) is 0 Å². The number of aromatic nitrogens is 1. The second-order valence-corrected chi connectivity index (χ2v) is 4.93. The predicted molar refractivity (Wildman–Crippen MR) is 77.3 cm³/mol. The first-order valence-electron chi connectivity index (χ1n) is 6.92. The number of hydrogen-bond donors (Lipinski definition) is 1. The highest BCUT2D eigenvalue weighted by Gasteiger charge is 2.12. The van der Waals surface area contributed by atoms with Gasteiger partial charge >= 0.3 is 0 Å². The molecule has 0 bridgehead atoms. The number of pyridine rings is 1. The maximum Gasteiger partial charge on any atom is 0.0571 e. The van der Waals surface area contributed by atoms with Crippen molar-refractivity contribution in [1.82, 2.24) is 9.88 Å². The van der Waals surface area contributed by atoms with Gasteiger partial charge in [-0.3, -0.25) is 4.98 Å². The molecule has 0 radical (unpaired) electrons. The van der Waals surface area contributed by atoms with Crippen LogP contribution in [0, 0.1) is 0 Å². The van der Waals surface area contributed by atoms with Crippen LogP contribution in [0.15, 0.2) is 18.5 Å². The molecule has 0 unspecified atom stereocenters. The van der Waals surface area contributed by atoms with Gasteiger partial charge in [-0.2, -0.15) is 0 Å². The van der Waals surface area contributed by atoms with E-state index in [0.29, 0.717) is 0 Å². The van der Waals surface area contributed by atoms with Gasteiger partial charge in [0.05, 0.1) is 23.8 Å². The van der Waals surface area contributed by atoms with E-state index >= 15 is 0 Å². The van der Waals surface area contributed by atoms with Crippen molar-refractivity contribution in [3.05, 3.63) is 18.5 Å². The van der Waals surface area contributed by atoms with E-state index in [2.05, 4.69) is 40.1 Å². The third-order valence-electron chi connectivity index (χ3n) is 3.50. The van der Waals surface area contributed by atoms with Gasteiger partial charge in [0.2, 0.25) is 0 Å². The molecule has 0 atom stereocenters. The molecule has 4 nitrogen and oxygen atoms in total. The maximum atomic E-state index is 4.29. The van der Waals surface area contributed by atoms with Crippen LogP contribution in [0.3, 0.4) is 0 Å². The summed E-state index contributed by atoms with van der Waals surface area (Å²) in [5, 5.41) is 3.30. The highest BCUT2D eigenvalue weighted by atomic mass is 15.2. The Balaban J connectivity index is 1.86. The van der Waals surface area contributed by atoms with Gasteiger partial charge in [0, 0.05) is 26.7 Å². The second-order valence-electron chi connectivity index (χ2n) is 4.93. The van der Waals surface area contributed by atoms with E-state index in [1.807, 2.05) is 12.4 Å². The lowest BCUT2D eigenvalue weighted by Crippen LogP contribution is -2.31. The molecule has 0 aromatic carbocycles. The second kappa shape index (κ2) is 6.59. The molecule has 2 heterocycles. The largest absolute Gasteiger partial charge is 0.384 e. The van der Waals surface area contributed by atoms with Crippen molar-refractivity contribution in [1.29, 1.82) is 0 Å². The first-order chi connectivity index (χ1) is 8.79. The monoisotopic (exact) mass is 248 g/mol. The van der Waals surface area contributed by atoms with Gasteiger partial charge in [0.1, 0.15) is 0 Å². The number of hydrogen-bond acceptors (Lipinski definition) is 4. The molecule has 0 spiro atoms. The number of likely N-dealkylation sites (N-methyl/N-ethyl adjacent to an activating group) is 1. The minimum absolute atomic E-state index is 0.933. The Labute approximate surface area is 110 Å². The molecule has 1 fully saturated rings.